The molecule has 0 saturated heterocycles. The van der Waals surface area contributed by atoms with E-state index in [0.717, 1.165) is 5.69 Å². The number of H-pyrrole nitrogens is 1. The van der Waals surface area contributed by atoms with E-state index >= 15 is 0 Å². The first-order valence-electron chi connectivity index (χ1n) is 6.77. The summed E-state index contributed by atoms with van der Waals surface area (Å²) in [4.78, 5) is 16.6. The summed E-state index contributed by atoms with van der Waals surface area (Å²) in [7, 11) is 1.74. The highest BCUT2D eigenvalue weighted by atomic mass is 79.9. The van der Waals surface area contributed by atoms with Crippen LogP contribution in [0.25, 0.3) is 0 Å². The van der Waals surface area contributed by atoms with Crippen LogP contribution in [0, 0.1) is 0 Å². The number of carbonyl (C=O) groups is 1. The Kier molecular flexibility index (Phi) is 4.46. The zero-order valence-corrected chi connectivity index (χ0v) is 14.3. The molecule has 2 rings (SSSR count). The van der Waals surface area contributed by atoms with Crippen molar-refractivity contribution in [2.75, 3.05) is 5.32 Å². The monoisotopic (exact) mass is 354 g/mol. The Bertz CT molecular complexity index is 658. The van der Waals surface area contributed by atoms with Crippen molar-refractivity contribution in [3.8, 4) is 0 Å². The van der Waals surface area contributed by atoms with E-state index in [1.54, 1.807) is 11.7 Å². The van der Waals surface area contributed by atoms with Crippen LogP contribution in [0.5, 0.6) is 0 Å². The number of nitrogens with one attached hydrogen (secondary N) is 2. The Labute approximate surface area is 131 Å². The van der Waals surface area contributed by atoms with Gasteiger partial charge in [-0.2, -0.15) is 15.2 Å². The van der Waals surface area contributed by atoms with Gasteiger partial charge in [-0.15, -0.1) is 0 Å². The molecular weight excluding hydrogens is 336 g/mol. The molecule has 0 aliphatic rings. The van der Waals surface area contributed by atoms with Crippen LogP contribution in [-0.4, -0.2) is 30.9 Å². The predicted octanol–water partition coefficient (Wildman–Crippen LogP) is 2.80. The van der Waals surface area contributed by atoms with Crippen molar-refractivity contribution in [1.82, 2.24) is 25.0 Å². The minimum absolute atomic E-state index is 0.200. The predicted molar refractivity (Wildman–Crippen MR) is 83.4 cm³/mol. The van der Waals surface area contributed by atoms with Gasteiger partial charge in [0, 0.05) is 13.0 Å². The summed E-state index contributed by atoms with van der Waals surface area (Å²) in [5, 5.41) is 13.9. The molecule has 0 spiro atoms. The van der Waals surface area contributed by atoms with E-state index in [0.29, 0.717) is 21.9 Å². The van der Waals surface area contributed by atoms with Gasteiger partial charge >= 0.3 is 0 Å². The molecule has 8 heteroatoms. The fourth-order valence-electron chi connectivity index (χ4n) is 1.79. The van der Waals surface area contributed by atoms with E-state index in [-0.39, 0.29) is 17.7 Å². The highest BCUT2D eigenvalue weighted by molar-refractivity contribution is 9.10. The number of hydrogen-bond donors (Lipinski definition) is 2. The van der Waals surface area contributed by atoms with Crippen LogP contribution in [0.2, 0.25) is 0 Å². The van der Waals surface area contributed by atoms with Crippen LogP contribution in [0.15, 0.2) is 4.47 Å². The third-order valence-electron chi connectivity index (χ3n) is 3.05. The van der Waals surface area contributed by atoms with Gasteiger partial charge in [0.05, 0.1) is 10.2 Å². The lowest BCUT2D eigenvalue weighted by Crippen LogP contribution is -2.16. The van der Waals surface area contributed by atoms with E-state index in [9.17, 15) is 4.79 Å². The molecule has 7 nitrogen and oxygen atoms in total. The number of aryl methyl sites for hydroxylation is 1. The molecule has 2 N–H and O–H groups in total. The van der Waals surface area contributed by atoms with Crippen LogP contribution < -0.4 is 5.32 Å². The number of carbonyl (C=O) groups excluding carboxylic acids is 1. The molecule has 1 amide bonds. The molecule has 0 bridgehead atoms. The summed E-state index contributed by atoms with van der Waals surface area (Å²) in [5.41, 5.74) is 1.20. The summed E-state index contributed by atoms with van der Waals surface area (Å²) in [5.74, 6) is 1.22. The van der Waals surface area contributed by atoms with Crippen LogP contribution >= 0.6 is 15.9 Å². The molecular formula is C13H19BrN6O. The smallest absolute Gasteiger partial charge is 0.279 e. The Morgan fingerprint density at radius 2 is 1.95 bits per heavy atom. The average molecular weight is 355 g/mol. The molecule has 2 aromatic heterocycles. The molecule has 0 unspecified atom stereocenters. The van der Waals surface area contributed by atoms with Crippen LogP contribution in [0.3, 0.4) is 0 Å². The van der Waals surface area contributed by atoms with Gasteiger partial charge in [-0.1, -0.05) is 27.7 Å². The molecule has 2 aromatic rings. The van der Waals surface area contributed by atoms with Crippen LogP contribution in [-0.2, 0) is 7.05 Å². The second kappa shape index (κ2) is 5.97. The summed E-state index contributed by atoms with van der Waals surface area (Å²) in [6, 6.07) is 0. The topological polar surface area (TPSA) is 88.5 Å². The molecule has 2 heterocycles. The van der Waals surface area contributed by atoms with Crippen molar-refractivity contribution in [2.45, 2.75) is 39.5 Å². The van der Waals surface area contributed by atoms with Crippen molar-refractivity contribution < 1.29 is 4.79 Å². The van der Waals surface area contributed by atoms with Crippen molar-refractivity contribution in [1.29, 1.82) is 0 Å². The minimum atomic E-state index is -0.323. The van der Waals surface area contributed by atoms with Gasteiger partial charge in [0.2, 0.25) is 5.95 Å². The normalized spacial score (nSPS) is 11.4. The van der Waals surface area contributed by atoms with Gasteiger partial charge < -0.3 is 0 Å². The standard InChI is InChI=1S/C13H19BrN6O/c1-6(2)9-8(14)10(18-17-9)12(21)16-13-15-11(7(3)4)19-20(13)5/h6-7H,1-5H3,(H,17,18)(H,15,16,19,21). The number of nitrogens with zero attached hydrogens (tertiary/aromatic N) is 4. The zero-order valence-electron chi connectivity index (χ0n) is 12.7. The molecule has 21 heavy (non-hydrogen) atoms. The van der Waals surface area contributed by atoms with Crippen molar-refractivity contribution in [2.24, 2.45) is 7.05 Å². The molecule has 0 aliphatic carbocycles. The number of rotatable bonds is 4. The third kappa shape index (κ3) is 3.15. The van der Waals surface area contributed by atoms with Gasteiger partial charge in [-0.25, -0.2) is 4.68 Å². The maximum absolute atomic E-state index is 12.3. The molecule has 0 atom stereocenters. The van der Waals surface area contributed by atoms with E-state index in [2.05, 4.69) is 41.5 Å². The number of amides is 1. The number of anilines is 1. The van der Waals surface area contributed by atoms with E-state index in [1.807, 2.05) is 27.7 Å². The summed E-state index contributed by atoms with van der Waals surface area (Å²) in [6.07, 6.45) is 0. The van der Waals surface area contributed by atoms with Gasteiger partial charge in [-0.05, 0) is 21.8 Å². The van der Waals surface area contributed by atoms with Gasteiger partial charge in [0.1, 0.15) is 0 Å². The van der Waals surface area contributed by atoms with Crippen LogP contribution in [0.4, 0.5) is 5.95 Å². The lowest BCUT2D eigenvalue weighted by Gasteiger charge is -2.03. The fourth-order valence-corrected chi connectivity index (χ4v) is 2.61. The van der Waals surface area contributed by atoms with E-state index in [1.165, 1.54) is 0 Å². The average Bonchev–Trinajstić information content (AvgIpc) is 2.93. The van der Waals surface area contributed by atoms with Gasteiger partial charge in [0.15, 0.2) is 11.5 Å². The Morgan fingerprint density at radius 3 is 2.43 bits per heavy atom. The third-order valence-corrected chi connectivity index (χ3v) is 3.85. The lowest BCUT2D eigenvalue weighted by molar-refractivity contribution is 0.102. The molecule has 0 aliphatic heterocycles. The van der Waals surface area contributed by atoms with E-state index in [4.69, 9.17) is 0 Å². The minimum Gasteiger partial charge on any atom is -0.289 e. The van der Waals surface area contributed by atoms with Crippen molar-refractivity contribution in [3.05, 3.63) is 21.7 Å². The second-order valence-electron chi connectivity index (χ2n) is 5.48. The number of halogens is 1. The first-order valence-corrected chi connectivity index (χ1v) is 7.56. The lowest BCUT2D eigenvalue weighted by atomic mass is 10.1. The van der Waals surface area contributed by atoms with Gasteiger partial charge in [0.25, 0.3) is 5.91 Å². The molecule has 0 fully saturated rings. The second-order valence-corrected chi connectivity index (χ2v) is 6.27. The number of hydrogen-bond acceptors (Lipinski definition) is 4. The molecule has 114 valence electrons. The Hall–Kier alpha value is -1.70. The Balaban J connectivity index is 2.22. The highest BCUT2D eigenvalue weighted by Crippen LogP contribution is 2.26. The summed E-state index contributed by atoms with van der Waals surface area (Å²) in [6.45, 7) is 8.05. The highest BCUT2D eigenvalue weighted by Gasteiger charge is 2.21. The maximum atomic E-state index is 12.3. The van der Waals surface area contributed by atoms with Crippen molar-refractivity contribution >= 4 is 27.8 Å². The van der Waals surface area contributed by atoms with Crippen LogP contribution in [0.1, 0.15) is 61.5 Å². The quantitative estimate of drug-likeness (QED) is 0.883. The summed E-state index contributed by atoms with van der Waals surface area (Å²) < 4.78 is 2.23. The SMILES string of the molecule is CC(C)c1nc(NC(=O)c2n[nH]c(C(C)C)c2Br)n(C)n1. The molecule has 0 saturated carbocycles. The largest absolute Gasteiger partial charge is 0.289 e. The first-order chi connectivity index (χ1) is 9.81. The fraction of sp³-hybridized carbons (Fsp3) is 0.538. The summed E-state index contributed by atoms with van der Waals surface area (Å²) >= 11 is 3.42. The number of aromatic amines is 1. The molecule has 0 aromatic carbocycles. The van der Waals surface area contributed by atoms with E-state index < -0.39 is 0 Å². The zero-order chi connectivity index (χ0) is 15.7. The maximum Gasteiger partial charge on any atom is 0.279 e. The van der Waals surface area contributed by atoms with Crippen molar-refractivity contribution in [3.63, 3.8) is 0 Å². The van der Waals surface area contributed by atoms with Gasteiger partial charge in [-0.3, -0.25) is 15.2 Å². The number of aromatic nitrogens is 5. The first kappa shape index (κ1) is 15.7. The Morgan fingerprint density at radius 1 is 1.29 bits per heavy atom. The molecule has 0 radical (unpaired) electrons.